The van der Waals surface area contributed by atoms with Crippen LogP contribution in [-0.4, -0.2) is 110 Å². The highest BCUT2D eigenvalue weighted by molar-refractivity contribution is 6.32. The Bertz CT molecular complexity index is 2890. The van der Waals surface area contributed by atoms with Crippen molar-refractivity contribution in [3.8, 4) is 5.75 Å². The molecular formula is C64H85ClN6O15. The van der Waals surface area contributed by atoms with Gasteiger partial charge < -0.3 is 60.8 Å². The minimum atomic E-state index is -1.28. The number of primary amides is 1. The minimum absolute atomic E-state index is 0.0206. The number of epoxide rings is 1. The van der Waals surface area contributed by atoms with E-state index in [2.05, 4.69) is 26.6 Å². The zero-order chi connectivity index (χ0) is 63.3. The predicted octanol–water partition coefficient (Wildman–Crippen LogP) is 7.66. The van der Waals surface area contributed by atoms with Crippen molar-refractivity contribution in [2.45, 2.75) is 169 Å². The Labute approximate surface area is 508 Å². The normalized spacial score (nSPS) is 20.4. The monoisotopic (exact) mass is 1210 g/mol. The molecule has 2 aliphatic heterocycles. The number of hydrogen-bond donors (Lipinski definition) is 6. The quantitative estimate of drug-likeness (QED) is 0.0176. The fraction of sp³-hybridized carbons (Fsp3) is 0.531. The summed E-state index contributed by atoms with van der Waals surface area (Å²) in [4.78, 5) is 130. The summed E-state index contributed by atoms with van der Waals surface area (Å²) in [5.74, 6) is -5.23. The first-order valence-corrected chi connectivity index (χ1v) is 29.7. The Hall–Kier alpha value is -7.65. The summed E-state index contributed by atoms with van der Waals surface area (Å²) in [5, 5.41) is 14.0. The number of urea groups is 1. The lowest BCUT2D eigenvalue weighted by atomic mass is 9.89. The average Bonchev–Trinajstić information content (AvgIpc) is 2.02. The molecule has 0 bridgehead atoms. The van der Waals surface area contributed by atoms with E-state index in [0.29, 0.717) is 46.8 Å². The first-order valence-electron chi connectivity index (χ1n) is 29.4. The van der Waals surface area contributed by atoms with Gasteiger partial charge in [-0.1, -0.05) is 94.8 Å². The summed E-state index contributed by atoms with van der Waals surface area (Å²) in [7, 11) is 1.49. The topological polar surface area (TPSA) is 306 Å². The lowest BCUT2D eigenvalue weighted by Gasteiger charge is -2.29. The van der Waals surface area contributed by atoms with Crippen LogP contribution >= 0.6 is 11.6 Å². The number of nitrogens with one attached hydrogen (secondary N) is 5. The Morgan fingerprint density at radius 1 is 0.860 bits per heavy atom. The van der Waals surface area contributed by atoms with E-state index in [4.69, 9.17) is 41.0 Å². The van der Waals surface area contributed by atoms with Gasteiger partial charge in [0.1, 0.15) is 36.4 Å². The van der Waals surface area contributed by atoms with Gasteiger partial charge in [0.2, 0.25) is 23.6 Å². The number of cyclic esters (lactones) is 2. The number of methoxy groups -OCH3 is 1. The fourth-order valence-electron chi connectivity index (χ4n) is 9.73. The predicted molar refractivity (Wildman–Crippen MR) is 321 cm³/mol. The van der Waals surface area contributed by atoms with Crippen molar-refractivity contribution in [3.63, 3.8) is 0 Å². The molecule has 1 fully saturated rings. The average molecular weight is 1210 g/mol. The van der Waals surface area contributed by atoms with E-state index in [1.807, 2.05) is 45.0 Å². The van der Waals surface area contributed by atoms with Crippen molar-refractivity contribution in [2.75, 3.05) is 25.5 Å². The molecule has 22 heteroatoms. The number of rotatable bonds is 28. The maximum atomic E-state index is 14.0. The molecular weight excluding hydrogens is 1130 g/mol. The van der Waals surface area contributed by atoms with Crippen LogP contribution in [0.2, 0.25) is 5.02 Å². The summed E-state index contributed by atoms with van der Waals surface area (Å²) in [6, 6.07) is 16.8. The third-order valence-corrected chi connectivity index (χ3v) is 15.2. The van der Waals surface area contributed by atoms with Crippen molar-refractivity contribution >= 4 is 76.4 Å². The van der Waals surface area contributed by atoms with Crippen LogP contribution in [0.3, 0.4) is 0 Å². The number of ketones is 2. The van der Waals surface area contributed by atoms with Gasteiger partial charge >= 0.3 is 23.9 Å². The number of benzene rings is 3. The minimum Gasteiger partial charge on any atom is -0.495 e. The van der Waals surface area contributed by atoms with Crippen molar-refractivity contribution in [2.24, 2.45) is 34.8 Å². The first kappa shape index (κ1) is 69.1. The summed E-state index contributed by atoms with van der Waals surface area (Å²) < 4.78 is 29.1. The highest BCUT2D eigenvalue weighted by Crippen LogP contribution is 2.45. The molecule has 3 aromatic rings. The Balaban J connectivity index is 1.16. The summed E-state index contributed by atoms with van der Waals surface area (Å²) >= 11 is 6.39. The molecule has 6 amide bonds. The molecule has 1 saturated heterocycles. The molecule has 21 nitrogen and oxygen atoms in total. The van der Waals surface area contributed by atoms with E-state index in [-0.39, 0.29) is 106 Å². The fourth-order valence-corrected chi connectivity index (χ4v) is 10.0. The maximum absolute atomic E-state index is 14.0. The van der Waals surface area contributed by atoms with Crippen molar-refractivity contribution < 1.29 is 71.6 Å². The van der Waals surface area contributed by atoms with Gasteiger partial charge in [-0.15, -0.1) is 0 Å². The lowest BCUT2D eigenvalue weighted by Crippen LogP contribution is -2.51. The van der Waals surface area contributed by atoms with Crippen LogP contribution < -0.4 is 37.1 Å². The van der Waals surface area contributed by atoms with E-state index in [9.17, 15) is 47.9 Å². The van der Waals surface area contributed by atoms with Gasteiger partial charge in [0.15, 0.2) is 11.9 Å². The largest absolute Gasteiger partial charge is 0.495 e. The van der Waals surface area contributed by atoms with E-state index in [1.54, 1.807) is 76.2 Å². The molecule has 0 unspecified atom stereocenters. The van der Waals surface area contributed by atoms with Crippen molar-refractivity contribution in [3.05, 3.63) is 106 Å². The van der Waals surface area contributed by atoms with E-state index >= 15 is 0 Å². The molecule has 0 spiro atoms. The van der Waals surface area contributed by atoms with Gasteiger partial charge in [-0.2, -0.15) is 0 Å². The second kappa shape index (κ2) is 33.3. The number of anilines is 1. The molecule has 7 N–H and O–H groups in total. The first-order chi connectivity index (χ1) is 40.7. The van der Waals surface area contributed by atoms with Crippen molar-refractivity contribution in [1.82, 2.24) is 21.3 Å². The lowest BCUT2D eigenvalue weighted by molar-refractivity contribution is -0.179. The number of nitrogens with two attached hydrogens (primary N) is 1. The van der Waals surface area contributed by atoms with Crippen LogP contribution in [0.1, 0.15) is 142 Å². The number of carbonyl (C=O) groups excluding carboxylic acids is 10. The van der Waals surface area contributed by atoms with E-state index in [1.165, 1.54) is 20.1 Å². The number of ether oxygens (including phenoxy) is 5. The Kier molecular flexibility index (Phi) is 26.8. The smallest absolute Gasteiger partial charge is 0.347 e. The number of esters is 3. The Morgan fingerprint density at radius 3 is 2.19 bits per heavy atom. The summed E-state index contributed by atoms with van der Waals surface area (Å²) in [6.45, 7) is 13.9. The van der Waals surface area contributed by atoms with Gasteiger partial charge in [0.05, 0.1) is 29.7 Å². The van der Waals surface area contributed by atoms with Gasteiger partial charge in [-0.05, 0) is 117 Å². The third kappa shape index (κ3) is 22.6. The van der Waals surface area contributed by atoms with Crippen LogP contribution in [-0.2, 0) is 81.5 Å². The number of amides is 6. The molecule has 3 aromatic carbocycles. The van der Waals surface area contributed by atoms with Gasteiger partial charge in [0, 0.05) is 69.1 Å². The summed E-state index contributed by atoms with van der Waals surface area (Å²) in [5.41, 5.74) is 7.43. The second-order valence-electron chi connectivity index (χ2n) is 23.6. The number of hydrogen-bond acceptors (Lipinski definition) is 15. The SMILES string of the molecule is COc1ccc(C[C@H]2NC(=O)/C=C/C[C@@H]([C@H](C)[C@H]3O[C@@H]3c3ccc(CCC(=O)OCc4ccc(NC(=O)[C@H](CCCNC(N)=O)CC(=O)[C@@H](NC(=O)CCCC(C)=O)C(C)C)cc4)cc3)OC(=O)[C@H](CC(C)C)OC(=O)C(C)(C)CNC2=O)cc1Cl. The molecule has 468 valence electrons. The third-order valence-electron chi connectivity index (χ3n) is 14.9. The van der Waals surface area contributed by atoms with Gasteiger partial charge in [-0.25, -0.2) is 9.59 Å². The molecule has 2 heterocycles. The van der Waals surface area contributed by atoms with E-state index < -0.39 is 89.3 Å². The number of halogens is 1. The van der Waals surface area contributed by atoms with Crippen LogP contribution in [0, 0.1) is 29.1 Å². The molecule has 0 aliphatic carbocycles. The standard InChI is InChI=1S/C64H85ClN6O15/c1-37(2)31-52-61(79)84-50(15-11-17-53(74)70-48(33-43-22-28-51(82-9)47(65)32-43)60(78)68-36-64(7,8)62(80)85-52)40(6)57-58(86-57)44-24-18-41(19-25-44)23-29-55(76)83-35-42-20-26-46(27-21-42)69-59(77)45(14-12-30-67-63(66)81)34-49(73)56(38(3)4)71-54(75)16-10-13-39(5)72/h11,17-22,24-28,32,37-38,40,45,48,50,52,56-58H,10,12-16,23,29-31,33-36H2,1-9H3,(H,68,78)(H,69,77)(H,70,74)(H,71,75)(H3,66,67,81)/b17-11+/t40-,45+,48+,50-,52-,56-,57+,58+/m0/s1. The van der Waals surface area contributed by atoms with E-state index in [0.717, 1.165) is 11.1 Å². The van der Waals surface area contributed by atoms with Crippen molar-refractivity contribution in [1.29, 1.82) is 0 Å². The van der Waals surface area contributed by atoms with Gasteiger partial charge in [0.25, 0.3) is 0 Å². The molecule has 8 atom stereocenters. The molecule has 2 aliphatic rings. The molecule has 5 rings (SSSR count). The molecule has 0 aromatic heterocycles. The number of Topliss-reactive ketones (excluding diaryl/α,β-unsaturated/α-hetero) is 2. The van der Waals surface area contributed by atoms with Gasteiger partial charge in [-0.3, -0.25) is 33.6 Å². The summed E-state index contributed by atoms with van der Waals surface area (Å²) in [6.07, 6.45) is 2.00. The highest BCUT2D eigenvalue weighted by atomic mass is 35.5. The second-order valence-corrected chi connectivity index (χ2v) is 24.0. The maximum Gasteiger partial charge on any atom is 0.347 e. The zero-order valence-corrected chi connectivity index (χ0v) is 51.5. The number of carbonyl (C=O) groups is 10. The molecule has 0 radical (unpaired) electrons. The van der Waals surface area contributed by atoms with Crippen LogP contribution in [0.25, 0.3) is 0 Å². The zero-order valence-electron chi connectivity index (χ0n) is 50.8. The van der Waals surface area contributed by atoms with Crippen LogP contribution in [0.4, 0.5) is 10.5 Å². The number of aryl methyl sites for hydroxylation is 1. The van der Waals surface area contributed by atoms with Crippen LogP contribution in [0.15, 0.2) is 78.9 Å². The highest BCUT2D eigenvalue weighted by Gasteiger charge is 2.48. The van der Waals surface area contributed by atoms with Crippen LogP contribution in [0.5, 0.6) is 5.75 Å². The molecule has 86 heavy (non-hydrogen) atoms. The molecule has 0 saturated carbocycles. The Morgan fingerprint density at radius 2 is 1.55 bits per heavy atom.